The van der Waals surface area contributed by atoms with E-state index in [4.69, 9.17) is 4.74 Å². The molecular weight excluding hydrogens is 232 g/mol. The number of hydrogen-bond donors (Lipinski definition) is 1. The molecule has 0 heterocycles. The van der Waals surface area contributed by atoms with E-state index in [9.17, 15) is 10.1 Å². The molecule has 1 aliphatic carbocycles. The van der Waals surface area contributed by atoms with E-state index >= 15 is 0 Å². The van der Waals surface area contributed by atoms with Crippen LogP contribution in [0, 0.1) is 17.0 Å². The molecule has 18 heavy (non-hydrogen) atoms. The molecule has 0 saturated heterocycles. The number of hydrogen-bond acceptors (Lipinski definition) is 4. The second-order valence-corrected chi connectivity index (χ2v) is 4.71. The van der Waals surface area contributed by atoms with Crippen molar-refractivity contribution < 1.29 is 9.66 Å². The number of anilines is 1. The predicted molar refractivity (Wildman–Crippen MR) is 69.9 cm³/mol. The minimum Gasteiger partial charge on any atom is -0.379 e. The van der Waals surface area contributed by atoms with Crippen LogP contribution in [0.4, 0.5) is 11.4 Å². The fraction of sp³-hybridized carbons (Fsp3) is 0.538. The van der Waals surface area contributed by atoms with Crippen molar-refractivity contribution >= 4 is 11.4 Å². The van der Waals surface area contributed by atoms with Crippen LogP contribution in [0.2, 0.25) is 0 Å². The summed E-state index contributed by atoms with van der Waals surface area (Å²) in [4.78, 5) is 10.5. The van der Waals surface area contributed by atoms with E-state index in [1.807, 2.05) is 6.07 Å². The maximum absolute atomic E-state index is 10.9. The van der Waals surface area contributed by atoms with Crippen molar-refractivity contribution in [3.8, 4) is 0 Å². The molecule has 0 radical (unpaired) electrons. The third kappa shape index (κ3) is 2.61. The first-order chi connectivity index (χ1) is 8.61. The van der Waals surface area contributed by atoms with Gasteiger partial charge in [0.15, 0.2) is 0 Å². The molecule has 0 aromatic heterocycles. The van der Waals surface area contributed by atoms with Crippen molar-refractivity contribution in [2.24, 2.45) is 0 Å². The lowest BCUT2D eigenvalue weighted by Gasteiger charge is -2.20. The molecule has 0 amide bonds. The summed E-state index contributed by atoms with van der Waals surface area (Å²) in [7, 11) is 1.71. The van der Waals surface area contributed by atoms with Crippen LogP contribution in [-0.4, -0.2) is 24.2 Å². The average molecular weight is 250 g/mol. The predicted octanol–water partition coefficient (Wildman–Crippen LogP) is 2.88. The fourth-order valence-electron chi connectivity index (χ4n) is 2.48. The van der Waals surface area contributed by atoms with Gasteiger partial charge in [-0.15, -0.1) is 0 Å². The zero-order chi connectivity index (χ0) is 13.1. The lowest BCUT2D eigenvalue weighted by atomic mass is 10.1. The number of benzene rings is 1. The molecule has 0 spiro atoms. The van der Waals surface area contributed by atoms with Gasteiger partial charge in [-0.1, -0.05) is 6.07 Å². The third-order valence-corrected chi connectivity index (χ3v) is 3.51. The van der Waals surface area contributed by atoms with E-state index in [0.29, 0.717) is 5.56 Å². The van der Waals surface area contributed by atoms with E-state index in [1.54, 1.807) is 26.2 Å². The normalized spacial score (nSPS) is 23.0. The number of aryl methyl sites for hydroxylation is 1. The molecule has 2 atom stereocenters. The van der Waals surface area contributed by atoms with Crippen LogP contribution < -0.4 is 5.32 Å². The maximum atomic E-state index is 10.9. The molecule has 0 aliphatic heterocycles. The first-order valence-electron chi connectivity index (χ1n) is 6.16. The molecular formula is C13H18N2O3. The smallest absolute Gasteiger partial charge is 0.274 e. The van der Waals surface area contributed by atoms with E-state index in [1.165, 1.54) is 0 Å². The van der Waals surface area contributed by atoms with Crippen molar-refractivity contribution in [1.29, 1.82) is 0 Å². The van der Waals surface area contributed by atoms with Gasteiger partial charge in [0, 0.05) is 24.4 Å². The summed E-state index contributed by atoms with van der Waals surface area (Å²) >= 11 is 0. The van der Waals surface area contributed by atoms with Crippen molar-refractivity contribution in [3.63, 3.8) is 0 Å². The Morgan fingerprint density at radius 2 is 2.22 bits per heavy atom. The Balaban J connectivity index is 2.14. The monoisotopic (exact) mass is 250 g/mol. The highest BCUT2D eigenvalue weighted by atomic mass is 16.6. The third-order valence-electron chi connectivity index (χ3n) is 3.51. The SMILES string of the molecule is COC1CCCC1Nc1ccc(C)c([N+](=O)[O-])c1. The molecule has 1 aromatic carbocycles. The van der Waals surface area contributed by atoms with Crippen LogP contribution in [0.5, 0.6) is 0 Å². The van der Waals surface area contributed by atoms with Crippen molar-refractivity contribution in [2.45, 2.75) is 38.3 Å². The number of nitrogens with one attached hydrogen (secondary N) is 1. The average Bonchev–Trinajstić information content (AvgIpc) is 2.78. The van der Waals surface area contributed by atoms with Crippen LogP contribution in [-0.2, 0) is 4.74 Å². The molecule has 5 nitrogen and oxygen atoms in total. The molecule has 2 unspecified atom stereocenters. The van der Waals surface area contributed by atoms with Gasteiger partial charge < -0.3 is 10.1 Å². The minimum absolute atomic E-state index is 0.159. The van der Waals surface area contributed by atoms with Gasteiger partial charge in [-0.05, 0) is 32.3 Å². The van der Waals surface area contributed by atoms with E-state index < -0.39 is 0 Å². The van der Waals surface area contributed by atoms with E-state index in [-0.39, 0.29) is 22.8 Å². The van der Waals surface area contributed by atoms with Gasteiger partial charge in [0.2, 0.25) is 0 Å². The summed E-state index contributed by atoms with van der Waals surface area (Å²) in [5.74, 6) is 0. The van der Waals surface area contributed by atoms with Gasteiger partial charge in [0.1, 0.15) is 0 Å². The van der Waals surface area contributed by atoms with Gasteiger partial charge in [-0.2, -0.15) is 0 Å². The molecule has 1 aromatic rings. The Labute approximate surface area is 106 Å². The molecule has 1 N–H and O–H groups in total. The zero-order valence-electron chi connectivity index (χ0n) is 10.7. The first kappa shape index (κ1) is 12.8. The number of ether oxygens (including phenoxy) is 1. The topological polar surface area (TPSA) is 64.4 Å². The largest absolute Gasteiger partial charge is 0.379 e. The van der Waals surface area contributed by atoms with Gasteiger partial charge >= 0.3 is 0 Å². The number of rotatable bonds is 4. The van der Waals surface area contributed by atoms with Crippen LogP contribution >= 0.6 is 0 Å². The Hall–Kier alpha value is -1.62. The van der Waals surface area contributed by atoms with Crippen LogP contribution in [0.15, 0.2) is 18.2 Å². The van der Waals surface area contributed by atoms with Crippen LogP contribution in [0.1, 0.15) is 24.8 Å². The summed E-state index contributed by atoms with van der Waals surface area (Å²) in [5.41, 5.74) is 1.63. The Bertz CT molecular complexity index is 448. The summed E-state index contributed by atoms with van der Waals surface area (Å²) in [6.45, 7) is 1.75. The number of methoxy groups -OCH3 is 1. The minimum atomic E-state index is -0.344. The molecule has 1 saturated carbocycles. The van der Waals surface area contributed by atoms with Crippen molar-refractivity contribution in [1.82, 2.24) is 0 Å². The van der Waals surface area contributed by atoms with Crippen molar-refractivity contribution in [3.05, 3.63) is 33.9 Å². The van der Waals surface area contributed by atoms with Crippen LogP contribution in [0.25, 0.3) is 0 Å². The Kier molecular flexibility index (Phi) is 3.81. The fourth-order valence-corrected chi connectivity index (χ4v) is 2.48. The highest BCUT2D eigenvalue weighted by Gasteiger charge is 2.27. The number of nitrogens with zero attached hydrogens (tertiary/aromatic N) is 1. The van der Waals surface area contributed by atoms with Gasteiger partial charge in [0.25, 0.3) is 5.69 Å². The highest BCUT2D eigenvalue weighted by molar-refractivity contribution is 5.55. The molecule has 2 rings (SSSR count). The second-order valence-electron chi connectivity index (χ2n) is 4.71. The Morgan fingerprint density at radius 1 is 1.44 bits per heavy atom. The standard InChI is InChI=1S/C13H18N2O3/c1-9-6-7-10(8-12(9)15(16)17)14-11-4-3-5-13(11)18-2/h6-8,11,13-14H,3-5H2,1-2H3. The lowest BCUT2D eigenvalue weighted by molar-refractivity contribution is -0.385. The lowest BCUT2D eigenvalue weighted by Crippen LogP contribution is -2.29. The van der Waals surface area contributed by atoms with Gasteiger partial charge in [0.05, 0.1) is 17.1 Å². The summed E-state index contributed by atoms with van der Waals surface area (Å²) in [5, 5.41) is 14.2. The van der Waals surface area contributed by atoms with Gasteiger partial charge in [-0.3, -0.25) is 10.1 Å². The first-order valence-corrected chi connectivity index (χ1v) is 6.16. The number of nitro groups is 1. The Morgan fingerprint density at radius 3 is 2.89 bits per heavy atom. The van der Waals surface area contributed by atoms with E-state index in [2.05, 4.69) is 5.32 Å². The molecule has 1 fully saturated rings. The number of nitro benzene ring substituents is 1. The molecule has 0 bridgehead atoms. The van der Waals surface area contributed by atoms with Gasteiger partial charge in [-0.25, -0.2) is 0 Å². The summed E-state index contributed by atoms with van der Waals surface area (Å²) < 4.78 is 5.40. The van der Waals surface area contributed by atoms with E-state index in [0.717, 1.165) is 24.9 Å². The molecule has 1 aliphatic rings. The quantitative estimate of drug-likeness (QED) is 0.659. The highest BCUT2D eigenvalue weighted by Crippen LogP contribution is 2.28. The second kappa shape index (κ2) is 5.35. The zero-order valence-corrected chi connectivity index (χ0v) is 10.7. The summed E-state index contributed by atoms with van der Waals surface area (Å²) in [6.07, 6.45) is 3.41. The summed E-state index contributed by atoms with van der Waals surface area (Å²) in [6, 6.07) is 5.50. The maximum Gasteiger partial charge on any atom is 0.274 e. The molecule has 98 valence electrons. The molecule has 5 heteroatoms. The van der Waals surface area contributed by atoms with Crippen molar-refractivity contribution in [2.75, 3.05) is 12.4 Å². The van der Waals surface area contributed by atoms with Crippen LogP contribution in [0.3, 0.4) is 0 Å².